The van der Waals surface area contributed by atoms with Gasteiger partial charge in [-0.25, -0.2) is 0 Å². The van der Waals surface area contributed by atoms with Crippen LogP contribution in [0, 0.1) is 0 Å². The van der Waals surface area contributed by atoms with Gasteiger partial charge < -0.3 is 24.4 Å². The van der Waals surface area contributed by atoms with Crippen molar-refractivity contribution >= 4 is 11.6 Å². The van der Waals surface area contributed by atoms with Gasteiger partial charge in [-0.3, -0.25) is 9.69 Å². The topological polar surface area (TPSA) is 63.3 Å². The molecule has 0 aromatic heterocycles. The summed E-state index contributed by atoms with van der Waals surface area (Å²) in [6.45, 7) is 4.52. The number of hydrogen-bond acceptors (Lipinski definition) is 6. The average molecular weight is 438 g/mol. The highest BCUT2D eigenvalue weighted by Crippen LogP contribution is 2.39. The van der Waals surface area contributed by atoms with E-state index in [1.165, 1.54) is 12.8 Å². The summed E-state index contributed by atoms with van der Waals surface area (Å²) in [5, 5.41) is 3.11. The molecule has 170 valence electrons. The number of amides is 1. The molecule has 2 aromatic carbocycles. The molecule has 7 heteroatoms. The van der Waals surface area contributed by atoms with Gasteiger partial charge in [-0.1, -0.05) is 12.1 Å². The molecule has 0 radical (unpaired) electrons. The fourth-order valence-electron chi connectivity index (χ4n) is 5.07. The van der Waals surface area contributed by atoms with Crippen molar-refractivity contribution in [2.75, 3.05) is 45.3 Å². The molecular formula is C25H31N3O4. The number of nitrogens with zero attached hydrogens (tertiary/aromatic N) is 2. The molecule has 0 saturated carbocycles. The fourth-order valence-corrected chi connectivity index (χ4v) is 5.07. The lowest BCUT2D eigenvalue weighted by atomic mass is 9.96. The molecule has 2 fully saturated rings. The quantitative estimate of drug-likeness (QED) is 0.774. The molecule has 0 aliphatic carbocycles. The number of benzene rings is 2. The maximum Gasteiger partial charge on any atom is 0.258 e. The molecule has 0 bridgehead atoms. The molecule has 2 saturated heterocycles. The predicted molar refractivity (Wildman–Crippen MR) is 123 cm³/mol. The molecule has 3 aliphatic heterocycles. The van der Waals surface area contributed by atoms with Gasteiger partial charge in [0.15, 0.2) is 5.72 Å². The molecule has 7 nitrogen and oxygen atoms in total. The lowest BCUT2D eigenvalue weighted by molar-refractivity contribution is -0.0305. The van der Waals surface area contributed by atoms with Crippen molar-refractivity contribution in [2.45, 2.75) is 38.0 Å². The third-order valence-electron chi connectivity index (χ3n) is 6.86. The van der Waals surface area contributed by atoms with Crippen molar-refractivity contribution in [1.29, 1.82) is 0 Å². The van der Waals surface area contributed by atoms with Crippen molar-refractivity contribution in [3.63, 3.8) is 0 Å². The van der Waals surface area contributed by atoms with Crippen LogP contribution in [0.25, 0.3) is 0 Å². The molecule has 0 atom stereocenters. The summed E-state index contributed by atoms with van der Waals surface area (Å²) >= 11 is 0. The van der Waals surface area contributed by atoms with Gasteiger partial charge in [-0.05, 0) is 31.0 Å². The second kappa shape index (κ2) is 8.54. The Morgan fingerprint density at radius 1 is 1.00 bits per heavy atom. The number of likely N-dealkylation sites (tertiary alicyclic amines) is 1. The second-order valence-corrected chi connectivity index (χ2v) is 8.85. The predicted octanol–water partition coefficient (Wildman–Crippen LogP) is 3.42. The average Bonchev–Trinajstić information content (AvgIpc) is 3.35. The van der Waals surface area contributed by atoms with Crippen LogP contribution in [0.3, 0.4) is 0 Å². The minimum atomic E-state index is -0.622. The van der Waals surface area contributed by atoms with E-state index in [4.69, 9.17) is 14.2 Å². The summed E-state index contributed by atoms with van der Waals surface area (Å²) in [4.78, 5) is 17.3. The lowest BCUT2D eigenvalue weighted by Crippen LogP contribution is -2.60. The van der Waals surface area contributed by atoms with E-state index in [1.807, 2.05) is 18.2 Å². The summed E-state index contributed by atoms with van der Waals surface area (Å²) in [6.07, 6.45) is 3.90. The van der Waals surface area contributed by atoms with Gasteiger partial charge in [0.05, 0.1) is 25.5 Å². The summed E-state index contributed by atoms with van der Waals surface area (Å²) in [5.74, 6) is 2.41. The molecule has 1 spiro atoms. The van der Waals surface area contributed by atoms with Gasteiger partial charge in [-0.15, -0.1) is 0 Å². The van der Waals surface area contributed by atoms with Crippen LogP contribution >= 0.6 is 0 Å². The summed E-state index contributed by atoms with van der Waals surface area (Å²) in [5.41, 5.74) is 2.21. The maximum absolute atomic E-state index is 12.6. The zero-order valence-corrected chi connectivity index (χ0v) is 18.9. The second-order valence-electron chi connectivity index (χ2n) is 8.85. The van der Waals surface area contributed by atoms with E-state index < -0.39 is 5.72 Å². The first-order chi connectivity index (χ1) is 15.6. The van der Waals surface area contributed by atoms with Crippen LogP contribution < -0.4 is 24.4 Å². The van der Waals surface area contributed by atoms with Gasteiger partial charge in [0.1, 0.15) is 17.2 Å². The van der Waals surface area contributed by atoms with Crippen LogP contribution in [-0.4, -0.2) is 56.9 Å². The number of hydrogen-bond donors (Lipinski definition) is 1. The Kier molecular flexibility index (Phi) is 5.59. The fraction of sp³-hybridized carbons (Fsp3) is 0.480. The Morgan fingerprint density at radius 2 is 1.72 bits per heavy atom. The van der Waals surface area contributed by atoms with E-state index in [0.717, 1.165) is 68.3 Å². The third kappa shape index (κ3) is 3.86. The largest absolute Gasteiger partial charge is 0.496 e. The molecular weight excluding hydrogens is 406 g/mol. The zero-order chi connectivity index (χ0) is 22.1. The maximum atomic E-state index is 12.6. The van der Waals surface area contributed by atoms with Crippen LogP contribution in [0.2, 0.25) is 0 Å². The first-order valence-electron chi connectivity index (χ1n) is 11.4. The molecule has 32 heavy (non-hydrogen) atoms. The Bertz CT molecular complexity index is 995. The van der Waals surface area contributed by atoms with Gasteiger partial charge in [0.2, 0.25) is 0 Å². The van der Waals surface area contributed by atoms with Gasteiger partial charge in [0.25, 0.3) is 5.91 Å². The minimum Gasteiger partial charge on any atom is -0.496 e. The highest BCUT2D eigenvalue weighted by molar-refractivity contribution is 5.98. The number of ether oxygens (including phenoxy) is 3. The first-order valence-corrected chi connectivity index (χ1v) is 11.4. The lowest BCUT2D eigenvalue weighted by Gasteiger charge is -2.44. The van der Waals surface area contributed by atoms with E-state index in [1.54, 1.807) is 20.3 Å². The Balaban J connectivity index is 1.30. The van der Waals surface area contributed by atoms with E-state index in [0.29, 0.717) is 11.3 Å². The summed E-state index contributed by atoms with van der Waals surface area (Å²) in [7, 11) is 3.46. The van der Waals surface area contributed by atoms with E-state index in [9.17, 15) is 4.79 Å². The van der Waals surface area contributed by atoms with E-state index >= 15 is 0 Å². The summed E-state index contributed by atoms with van der Waals surface area (Å²) in [6, 6.07) is 11.7. The SMILES string of the molecule is COc1cc(N2CCCC2)c(OC)cc1CN1CCC2(CC1)NC(=O)c1ccccc1O2. The van der Waals surface area contributed by atoms with Crippen molar-refractivity contribution < 1.29 is 19.0 Å². The molecule has 3 heterocycles. The first kappa shape index (κ1) is 20.9. The van der Waals surface area contributed by atoms with Crippen LogP contribution in [0.15, 0.2) is 36.4 Å². The molecule has 0 unspecified atom stereocenters. The number of piperidine rings is 1. The van der Waals surface area contributed by atoms with Crippen LogP contribution in [0.5, 0.6) is 17.2 Å². The Labute approximate surface area is 189 Å². The smallest absolute Gasteiger partial charge is 0.258 e. The minimum absolute atomic E-state index is 0.0517. The third-order valence-corrected chi connectivity index (χ3v) is 6.86. The molecule has 3 aliphatic rings. The van der Waals surface area contributed by atoms with Crippen LogP contribution in [-0.2, 0) is 6.54 Å². The van der Waals surface area contributed by atoms with Crippen molar-refractivity contribution in [3.05, 3.63) is 47.5 Å². The van der Waals surface area contributed by atoms with E-state index in [-0.39, 0.29) is 5.91 Å². The number of para-hydroxylation sites is 1. The number of carbonyl (C=O) groups excluding carboxylic acids is 1. The number of rotatable bonds is 5. The number of carbonyl (C=O) groups is 1. The summed E-state index contributed by atoms with van der Waals surface area (Å²) < 4.78 is 17.8. The highest BCUT2D eigenvalue weighted by Gasteiger charge is 2.42. The van der Waals surface area contributed by atoms with Crippen LogP contribution in [0.1, 0.15) is 41.6 Å². The molecule has 1 amide bonds. The monoisotopic (exact) mass is 437 g/mol. The highest BCUT2D eigenvalue weighted by atomic mass is 16.5. The van der Waals surface area contributed by atoms with E-state index in [2.05, 4.69) is 27.2 Å². The number of fused-ring (bicyclic) bond motifs is 1. The number of nitrogens with one attached hydrogen (secondary N) is 1. The van der Waals surface area contributed by atoms with Crippen molar-refractivity contribution in [3.8, 4) is 17.2 Å². The van der Waals surface area contributed by atoms with Crippen molar-refractivity contribution in [1.82, 2.24) is 10.2 Å². The van der Waals surface area contributed by atoms with Crippen molar-refractivity contribution in [2.24, 2.45) is 0 Å². The normalized spacial score (nSPS) is 19.9. The van der Waals surface area contributed by atoms with Gasteiger partial charge in [0, 0.05) is 57.2 Å². The standard InChI is InChI=1S/C25H31N3O4/c1-30-22-16-20(28-11-5-6-12-28)23(31-2)15-18(22)17-27-13-9-25(10-14-27)26-24(29)19-7-3-4-8-21(19)32-25/h3-4,7-8,15-16H,5-6,9-14,17H2,1-2H3,(H,26,29). The number of anilines is 1. The molecule has 2 aromatic rings. The van der Waals surface area contributed by atoms with Gasteiger partial charge >= 0.3 is 0 Å². The Hall–Kier alpha value is -2.93. The zero-order valence-electron chi connectivity index (χ0n) is 18.9. The van der Waals surface area contributed by atoms with Gasteiger partial charge in [-0.2, -0.15) is 0 Å². The van der Waals surface area contributed by atoms with Crippen LogP contribution in [0.4, 0.5) is 5.69 Å². The Morgan fingerprint density at radius 3 is 2.44 bits per heavy atom. The molecule has 5 rings (SSSR count). The number of methoxy groups -OCH3 is 2. The molecule has 1 N–H and O–H groups in total.